The molecule has 1 aliphatic heterocycles. The number of carbonyl (C=O) groups is 1. The number of halogens is 3. The fraction of sp³-hybridized carbons (Fsp3) is 0.700. The number of hydrogen-bond acceptors (Lipinski definition) is 2. The van der Waals surface area contributed by atoms with Gasteiger partial charge in [-0.3, -0.25) is 4.79 Å². The lowest BCUT2D eigenvalue weighted by Crippen LogP contribution is -2.62. The van der Waals surface area contributed by atoms with Crippen LogP contribution in [0.4, 0.5) is 4.79 Å². The van der Waals surface area contributed by atoms with Gasteiger partial charge in [-0.15, -0.1) is 0 Å². The smallest absolute Gasteiger partial charge is 0.282 e. The van der Waals surface area contributed by atoms with Crippen molar-refractivity contribution in [3.8, 4) is 0 Å². The molecule has 0 aromatic heterocycles. The number of rotatable bonds is 2. The fourth-order valence-corrected chi connectivity index (χ4v) is 3.49. The molecule has 0 spiro atoms. The lowest BCUT2D eigenvalue weighted by molar-refractivity contribution is 0.0135. The summed E-state index contributed by atoms with van der Waals surface area (Å²) < 4.78 is 0.0258. The Morgan fingerprint density at radius 1 is 1.44 bits per heavy atom. The number of amides is 1. The lowest BCUT2D eigenvalue weighted by atomic mass is 9.83. The Kier molecular flexibility index (Phi) is 4.88. The molecular formula is C10H14Cl3NOS. The summed E-state index contributed by atoms with van der Waals surface area (Å²) in [5.74, 6) is 0.321. The molecule has 1 unspecified atom stereocenters. The molecule has 0 aromatic carbocycles. The zero-order chi connectivity index (χ0) is 12.5. The van der Waals surface area contributed by atoms with E-state index in [9.17, 15) is 4.79 Å². The zero-order valence-corrected chi connectivity index (χ0v) is 12.5. The molecule has 0 aliphatic carbocycles. The maximum atomic E-state index is 11.9. The van der Waals surface area contributed by atoms with Gasteiger partial charge in [0, 0.05) is 17.3 Å². The number of carbonyl (C=O) groups excluding carboxylic acids is 1. The van der Waals surface area contributed by atoms with Crippen molar-refractivity contribution in [3.63, 3.8) is 0 Å². The Balaban J connectivity index is 2.51. The van der Waals surface area contributed by atoms with E-state index in [0.717, 1.165) is 18.2 Å². The molecule has 0 bridgehead atoms. The molecule has 1 amide bonds. The molecule has 1 heterocycles. The summed E-state index contributed by atoms with van der Waals surface area (Å²) in [5.41, 5.74) is -0.0511. The number of thioether (sulfide) groups is 1. The van der Waals surface area contributed by atoms with Gasteiger partial charge in [-0.25, -0.2) is 0 Å². The molecule has 2 nitrogen and oxygen atoms in total. The molecule has 1 aliphatic rings. The Bertz CT molecular complexity index is 326. The third-order valence-corrected chi connectivity index (χ3v) is 4.62. The van der Waals surface area contributed by atoms with E-state index >= 15 is 0 Å². The average molecular weight is 303 g/mol. The molecule has 1 atom stereocenters. The summed E-state index contributed by atoms with van der Waals surface area (Å²) in [7, 11) is 0. The lowest BCUT2D eigenvalue weighted by Gasteiger charge is -2.53. The predicted molar refractivity (Wildman–Crippen MR) is 72.4 cm³/mol. The molecule has 0 N–H and O–H groups in total. The van der Waals surface area contributed by atoms with Gasteiger partial charge in [0.15, 0.2) is 0 Å². The van der Waals surface area contributed by atoms with Crippen LogP contribution in [0.15, 0.2) is 9.52 Å². The van der Waals surface area contributed by atoms with Crippen LogP contribution in [0.1, 0.15) is 27.2 Å². The van der Waals surface area contributed by atoms with Gasteiger partial charge in [0.1, 0.15) is 4.49 Å². The summed E-state index contributed by atoms with van der Waals surface area (Å²) in [6.45, 7) is 6.14. The van der Waals surface area contributed by atoms with Gasteiger partial charge in [0.05, 0.1) is 5.03 Å². The molecule has 6 heteroatoms. The second-order valence-electron chi connectivity index (χ2n) is 4.46. The Labute approximate surface area is 115 Å². The van der Waals surface area contributed by atoms with Gasteiger partial charge in [-0.2, -0.15) is 0 Å². The summed E-state index contributed by atoms with van der Waals surface area (Å²) in [6.07, 6.45) is 1.03. The molecule has 0 aromatic rings. The maximum Gasteiger partial charge on any atom is 0.282 e. The minimum atomic E-state index is -0.0511. The number of nitrogens with zero attached hydrogens (tertiary/aromatic N) is 1. The largest absolute Gasteiger partial charge is 0.326 e. The quantitative estimate of drug-likeness (QED) is 0.743. The third kappa shape index (κ3) is 3.22. The maximum absolute atomic E-state index is 11.9. The number of hydrogen-bond donors (Lipinski definition) is 0. The normalized spacial score (nSPS) is 22.6. The molecule has 0 radical (unpaired) electrons. The number of likely N-dealkylation sites (tertiary alicyclic amines) is 1. The fourth-order valence-electron chi connectivity index (χ4n) is 2.07. The van der Waals surface area contributed by atoms with Crippen LogP contribution in [0.5, 0.6) is 0 Å². The van der Waals surface area contributed by atoms with E-state index in [-0.39, 0.29) is 15.3 Å². The highest BCUT2D eigenvalue weighted by Crippen LogP contribution is 2.38. The van der Waals surface area contributed by atoms with E-state index in [1.807, 2.05) is 11.8 Å². The van der Waals surface area contributed by atoms with Crippen LogP contribution < -0.4 is 0 Å². The Morgan fingerprint density at radius 2 is 2.00 bits per heavy atom. The molecule has 0 saturated carbocycles. The SMILES string of the molecule is CC1CC(C)(C)N1C(=O)SCC(Cl)=C(Cl)Cl. The monoisotopic (exact) mass is 301 g/mol. The van der Waals surface area contributed by atoms with Crippen LogP contribution in [-0.4, -0.2) is 27.5 Å². The average Bonchev–Trinajstić information content (AvgIpc) is 2.12. The van der Waals surface area contributed by atoms with Crippen molar-refractivity contribution in [2.45, 2.75) is 38.8 Å². The molecule has 1 saturated heterocycles. The van der Waals surface area contributed by atoms with E-state index in [1.54, 1.807) is 0 Å². The first-order chi connectivity index (χ1) is 7.25. The topological polar surface area (TPSA) is 20.3 Å². The summed E-state index contributed by atoms with van der Waals surface area (Å²) in [6, 6.07) is 0.296. The van der Waals surface area contributed by atoms with Crippen LogP contribution in [0, 0.1) is 0 Å². The summed E-state index contributed by atoms with van der Waals surface area (Å²) in [5, 5.41) is 0.337. The molecule has 92 valence electrons. The van der Waals surface area contributed by atoms with Crippen molar-refractivity contribution >= 4 is 51.8 Å². The second-order valence-corrected chi connectivity index (χ2v) is 6.79. The Hall–Kier alpha value is 0.430. The van der Waals surface area contributed by atoms with Gasteiger partial charge in [0.2, 0.25) is 0 Å². The van der Waals surface area contributed by atoms with Crippen LogP contribution in [0.2, 0.25) is 0 Å². The molecule has 1 fully saturated rings. The van der Waals surface area contributed by atoms with Crippen molar-refractivity contribution < 1.29 is 4.79 Å². The van der Waals surface area contributed by atoms with E-state index < -0.39 is 0 Å². The Morgan fingerprint density at radius 3 is 2.38 bits per heavy atom. The second kappa shape index (κ2) is 5.38. The predicted octanol–water partition coefficient (Wildman–Crippen LogP) is 4.60. The van der Waals surface area contributed by atoms with Gasteiger partial charge in [-0.1, -0.05) is 46.6 Å². The van der Waals surface area contributed by atoms with Gasteiger partial charge < -0.3 is 4.90 Å². The van der Waals surface area contributed by atoms with Gasteiger partial charge >= 0.3 is 0 Å². The van der Waals surface area contributed by atoms with Crippen molar-refractivity contribution in [1.82, 2.24) is 4.90 Å². The third-order valence-electron chi connectivity index (χ3n) is 2.61. The van der Waals surface area contributed by atoms with Crippen LogP contribution in [0.3, 0.4) is 0 Å². The van der Waals surface area contributed by atoms with E-state index in [4.69, 9.17) is 34.8 Å². The minimum absolute atomic E-state index is 0.0245. The van der Waals surface area contributed by atoms with Crippen molar-refractivity contribution in [1.29, 1.82) is 0 Å². The van der Waals surface area contributed by atoms with Crippen LogP contribution in [-0.2, 0) is 0 Å². The molecule has 1 rings (SSSR count). The standard InChI is InChI=1S/C10H14Cl3NOS/c1-6-4-10(2,3)14(6)9(15)16-5-7(11)8(12)13/h6H,4-5H2,1-3H3. The van der Waals surface area contributed by atoms with Crippen molar-refractivity contribution in [2.75, 3.05) is 5.75 Å². The van der Waals surface area contributed by atoms with Crippen molar-refractivity contribution in [3.05, 3.63) is 9.52 Å². The van der Waals surface area contributed by atoms with Crippen molar-refractivity contribution in [2.24, 2.45) is 0 Å². The van der Waals surface area contributed by atoms with E-state index in [0.29, 0.717) is 16.8 Å². The molecule has 16 heavy (non-hydrogen) atoms. The highest BCUT2D eigenvalue weighted by atomic mass is 35.5. The van der Waals surface area contributed by atoms with E-state index in [2.05, 4.69) is 13.8 Å². The highest BCUT2D eigenvalue weighted by Gasteiger charge is 2.45. The zero-order valence-electron chi connectivity index (χ0n) is 9.39. The van der Waals surface area contributed by atoms with Gasteiger partial charge in [-0.05, 0) is 27.2 Å². The first-order valence-electron chi connectivity index (χ1n) is 4.91. The first-order valence-corrected chi connectivity index (χ1v) is 7.03. The summed E-state index contributed by atoms with van der Waals surface area (Å²) >= 11 is 17.9. The highest BCUT2D eigenvalue weighted by molar-refractivity contribution is 8.13. The van der Waals surface area contributed by atoms with Crippen LogP contribution >= 0.6 is 46.6 Å². The van der Waals surface area contributed by atoms with Gasteiger partial charge in [0.25, 0.3) is 5.24 Å². The van der Waals surface area contributed by atoms with E-state index in [1.165, 1.54) is 0 Å². The molecular weight excluding hydrogens is 289 g/mol. The summed E-state index contributed by atoms with van der Waals surface area (Å²) in [4.78, 5) is 13.8. The first kappa shape index (κ1) is 14.5. The minimum Gasteiger partial charge on any atom is -0.326 e. The van der Waals surface area contributed by atoms with Crippen LogP contribution in [0.25, 0.3) is 0 Å².